The van der Waals surface area contributed by atoms with Gasteiger partial charge in [-0.25, -0.2) is 26.4 Å². The van der Waals surface area contributed by atoms with Crippen molar-refractivity contribution in [1.29, 1.82) is 0 Å². The average Bonchev–Trinajstić information content (AvgIpc) is 2.53. The zero-order valence-electron chi connectivity index (χ0n) is 14.9. The average molecular weight is 400 g/mol. The third-order valence-electron chi connectivity index (χ3n) is 3.87. The Kier molecular flexibility index (Phi) is 5.84. The Morgan fingerprint density at radius 2 is 1.78 bits per heavy atom. The number of alkyl halides is 2. The molecule has 0 saturated carbocycles. The zero-order valence-corrected chi connectivity index (χ0v) is 15.7. The summed E-state index contributed by atoms with van der Waals surface area (Å²) in [6.07, 6.45) is -2.20. The molecule has 0 radical (unpaired) electrons. The van der Waals surface area contributed by atoms with Gasteiger partial charge in [0.1, 0.15) is 5.82 Å². The first-order valence-electron chi connectivity index (χ1n) is 7.87. The fourth-order valence-electron chi connectivity index (χ4n) is 2.53. The minimum atomic E-state index is -3.84. The van der Waals surface area contributed by atoms with Crippen LogP contribution in [0, 0.1) is 5.82 Å². The lowest BCUT2D eigenvalue weighted by Gasteiger charge is -2.27. The second-order valence-corrected chi connectivity index (χ2v) is 8.52. The minimum Gasteiger partial charge on any atom is -0.329 e. The first kappa shape index (κ1) is 20.8. The van der Waals surface area contributed by atoms with Gasteiger partial charge in [0.15, 0.2) is 9.84 Å². The molecule has 0 heterocycles. The number of urea groups is 1. The standard InChI is InChI=1S/C18H19F3N2O3S/c1-18(2,11-5-4-6-12(19)9-11)23-17(24)22-13-7-8-15(27(3,25)26)14(10-13)16(20)21/h4-10,16H,1-3H3,(H2,22,23,24). The Morgan fingerprint density at radius 3 is 2.33 bits per heavy atom. The Morgan fingerprint density at radius 1 is 1.11 bits per heavy atom. The maximum Gasteiger partial charge on any atom is 0.319 e. The molecule has 0 aromatic heterocycles. The van der Waals surface area contributed by atoms with Crippen molar-refractivity contribution in [3.63, 3.8) is 0 Å². The second-order valence-electron chi connectivity index (χ2n) is 6.54. The predicted octanol–water partition coefficient (Wildman–Crippen LogP) is 4.22. The molecule has 2 amide bonds. The van der Waals surface area contributed by atoms with Crippen molar-refractivity contribution in [2.24, 2.45) is 0 Å². The number of carbonyl (C=O) groups is 1. The maximum atomic E-state index is 13.4. The first-order valence-corrected chi connectivity index (χ1v) is 9.76. The number of benzene rings is 2. The van der Waals surface area contributed by atoms with Crippen molar-refractivity contribution in [3.8, 4) is 0 Å². The van der Waals surface area contributed by atoms with E-state index in [1.165, 1.54) is 24.3 Å². The van der Waals surface area contributed by atoms with Crippen LogP contribution in [-0.2, 0) is 15.4 Å². The molecule has 0 aliphatic heterocycles. The van der Waals surface area contributed by atoms with Gasteiger partial charge in [-0.3, -0.25) is 0 Å². The van der Waals surface area contributed by atoms with E-state index >= 15 is 0 Å². The van der Waals surface area contributed by atoms with Gasteiger partial charge in [0.05, 0.1) is 10.4 Å². The number of rotatable bonds is 5. The van der Waals surface area contributed by atoms with E-state index in [2.05, 4.69) is 10.6 Å². The van der Waals surface area contributed by atoms with Crippen LogP contribution >= 0.6 is 0 Å². The van der Waals surface area contributed by atoms with E-state index in [1.807, 2.05) is 0 Å². The smallest absolute Gasteiger partial charge is 0.319 e. The molecule has 0 aliphatic carbocycles. The van der Waals surface area contributed by atoms with E-state index in [0.29, 0.717) is 5.56 Å². The Bertz CT molecular complexity index is 960. The van der Waals surface area contributed by atoms with Gasteiger partial charge in [0.2, 0.25) is 0 Å². The van der Waals surface area contributed by atoms with E-state index in [-0.39, 0.29) is 5.69 Å². The lowest BCUT2D eigenvalue weighted by molar-refractivity contribution is 0.148. The molecule has 0 bridgehead atoms. The van der Waals surface area contributed by atoms with Crippen LogP contribution in [0.25, 0.3) is 0 Å². The van der Waals surface area contributed by atoms with Gasteiger partial charge in [0.25, 0.3) is 6.43 Å². The first-order chi connectivity index (χ1) is 12.4. The maximum absolute atomic E-state index is 13.4. The summed E-state index contributed by atoms with van der Waals surface area (Å²) in [5.41, 5.74) is -1.12. The van der Waals surface area contributed by atoms with Crippen LogP contribution in [0.3, 0.4) is 0 Å². The van der Waals surface area contributed by atoms with Crippen molar-refractivity contribution in [3.05, 3.63) is 59.4 Å². The normalized spacial score (nSPS) is 12.1. The van der Waals surface area contributed by atoms with Gasteiger partial charge < -0.3 is 10.6 Å². The summed E-state index contributed by atoms with van der Waals surface area (Å²) in [7, 11) is -3.84. The second kappa shape index (κ2) is 7.59. The SMILES string of the molecule is CC(C)(NC(=O)Nc1ccc(S(C)(=O)=O)c(C(F)F)c1)c1cccc(F)c1. The number of sulfone groups is 1. The van der Waals surface area contributed by atoms with Crippen LogP contribution in [0.4, 0.5) is 23.7 Å². The molecule has 0 fully saturated rings. The van der Waals surface area contributed by atoms with Gasteiger partial charge >= 0.3 is 6.03 Å². The van der Waals surface area contributed by atoms with E-state index in [4.69, 9.17) is 0 Å². The molecular weight excluding hydrogens is 381 g/mol. The topological polar surface area (TPSA) is 75.3 Å². The highest BCUT2D eigenvalue weighted by Crippen LogP contribution is 2.29. The fraction of sp³-hybridized carbons (Fsp3) is 0.278. The fourth-order valence-corrected chi connectivity index (χ4v) is 3.42. The summed E-state index contributed by atoms with van der Waals surface area (Å²) in [6.45, 7) is 3.30. The molecule has 2 rings (SSSR count). The summed E-state index contributed by atoms with van der Waals surface area (Å²) in [5, 5.41) is 5.00. The van der Waals surface area contributed by atoms with Crippen LogP contribution in [0.5, 0.6) is 0 Å². The van der Waals surface area contributed by atoms with Crippen molar-refractivity contribution >= 4 is 21.6 Å². The monoisotopic (exact) mass is 400 g/mol. The molecule has 0 unspecified atom stereocenters. The highest BCUT2D eigenvalue weighted by molar-refractivity contribution is 7.90. The van der Waals surface area contributed by atoms with Crippen LogP contribution < -0.4 is 10.6 Å². The van der Waals surface area contributed by atoms with Crippen molar-refractivity contribution in [2.45, 2.75) is 30.7 Å². The zero-order chi connectivity index (χ0) is 20.4. The van der Waals surface area contributed by atoms with E-state index in [0.717, 1.165) is 18.4 Å². The quantitative estimate of drug-likeness (QED) is 0.789. The molecule has 9 heteroatoms. The lowest BCUT2D eigenvalue weighted by atomic mass is 9.94. The van der Waals surface area contributed by atoms with Gasteiger partial charge in [-0.2, -0.15) is 0 Å². The van der Waals surface area contributed by atoms with Gasteiger partial charge in [-0.05, 0) is 49.7 Å². The van der Waals surface area contributed by atoms with E-state index in [9.17, 15) is 26.4 Å². The highest BCUT2D eigenvalue weighted by atomic mass is 32.2. The Hall–Kier alpha value is -2.55. The third kappa shape index (κ3) is 5.22. The summed E-state index contributed by atoms with van der Waals surface area (Å²) < 4.78 is 62.9. The van der Waals surface area contributed by atoms with Crippen LogP contribution in [0.15, 0.2) is 47.4 Å². The number of amides is 2. The minimum absolute atomic E-state index is 0.00485. The summed E-state index contributed by atoms with van der Waals surface area (Å²) in [6, 6.07) is 8.13. The molecule has 146 valence electrons. The molecule has 0 atom stereocenters. The van der Waals surface area contributed by atoms with E-state index < -0.39 is 44.1 Å². The third-order valence-corrected chi connectivity index (χ3v) is 5.05. The Balaban J connectivity index is 2.22. The lowest BCUT2D eigenvalue weighted by Crippen LogP contribution is -2.43. The van der Waals surface area contributed by atoms with Crippen molar-refractivity contribution in [1.82, 2.24) is 5.32 Å². The summed E-state index contributed by atoms with van der Waals surface area (Å²) in [5.74, 6) is -0.458. The van der Waals surface area contributed by atoms with Gasteiger partial charge in [0, 0.05) is 17.5 Å². The number of hydrogen-bond donors (Lipinski definition) is 2. The van der Waals surface area contributed by atoms with Crippen molar-refractivity contribution in [2.75, 3.05) is 11.6 Å². The predicted molar refractivity (Wildman–Crippen MR) is 96.1 cm³/mol. The summed E-state index contributed by atoms with van der Waals surface area (Å²) >= 11 is 0. The van der Waals surface area contributed by atoms with Crippen LogP contribution in [-0.4, -0.2) is 20.7 Å². The number of carbonyl (C=O) groups excluding carboxylic acids is 1. The van der Waals surface area contributed by atoms with Crippen LogP contribution in [0.1, 0.15) is 31.4 Å². The molecule has 0 saturated heterocycles. The van der Waals surface area contributed by atoms with Gasteiger partial charge in [-0.1, -0.05) is 12.1 Å². The van der Waals surface area contributed by atoms with Gasteiger partial charge in [-0.15, -0.1) is 0 Å². The van der Waals surface area contributed by atoms with E-state index in [1.54, 1.807) is 19.9 Å². The number of nitrogens with one attached hydrogen (secondary N) is 2. The molecular formula is C18H19F3N2O3S. The number of hydrogen-bond acceptors (Lipinski definition) is 3. The largest absolute Gasteiger partial charge is 0.329 e. The molecule has 2 N–H and O–H groups in total. The van der Waals surface area contributed by atoms with Crippen LogP contribution in [0.2, 0.25) is 0 Å². The molecule has 0 spiro atoms. The molecule has 2 aromatic carbocycles. The molecule has 0 aliphatic rings. The number of anilines is 1. The Labute approximate surface area is 155 Å². The highest BCUT2D eigenvalue weighted by Gasteiger charge is 2.24. The molecule has 27 heavy (non-hydrogen) atoms. The summed E-state index contributed by atoms with van der Waals surface area (Å²) in [4.78, 5) is 11.7. The number of halogens is 3. The molecule has 5 nitrogen and oxygen atoms in total. The molecule has 2 aromatic rings. The van der Waals surface area contributed by atoms with Crippen molar-refractivity contribution < 1.29 is 26.4 Å².